The number of carboxylic acid groups (broad SMARTS) is 1. The molecule has 27 heavy (non-hydrogen) atoms. The summed E-state index contributed by atoms with van der Waals surface area (Å²) < 4.78 is 0. The number of carboxylic acids is 1. The zero-order chi connectivity index (χ0) is 20.9. The second-order valence-corrected chi connectivity index (χ2v) is 6.85. The largest absolute Gasteiger partial charge is 0.477 e. The first-order valence-electron chi connectivity index (χ1n) is 8.68. The van der Waals surface area contributed by atoms with E-state index in [1.807, 2.05) is 0 Å². The zero-order valence-corrected chi connectivity index (χ0v) is 16.1. The van der Waals surface area contributed by atoms with Crippen LogP contribution >= 0.6 is 0 Å². The van der Waals surface area contributed by atoms with Gasteiger partial charge in [-0.05, 0) is 59.9 Å². The molecule has 1 aliphatic carbocycles. The van der Waals surface area contributed by atoms with Gasteiger partial charge in [0.05, 0.1) is 0 Å². The molecule has 0 bridgehead atoms. The molecule has 148 valence electrons. The second kappa shape index (κ2) is 8.96. The zero-order valence-electron chi connectivity index (χ0n) is 16.1. The van der Waals surface area contributed by atoms with E-state index in [2.05, 4.69) is 4.99 Å². The maximum atomic E-state index is 12.4. The molecule has 0 aromatic carbocycles. The molecule has 0 aromatic rings. The summed E-state index contributed by atoms with van der Waals surface area (Å²) in [5.41, 5.74) is 4.27. The van der Waals surface area contributed by atoms with Crippen molar-refractivity contribution in [1.29, 1.82) is 0 Å². The van der Waals surface area contributed by atoms with Crippen LogP contribution in [0, 0.1) is 0 Å². The molecule has 0 aliphatic heterocycles. The van der Waals surface area contributed by atoms with Crippen LogP contribution in [0.3, 0.4) is 0 Å². The third kappa shape index (κ3) is 5.27. The van der Waals surface area contributed by atoms with Gasteiger partial charge in [-0.25, -0.2) is 9.79 Å². The molecule has 0 radical (unpaired) electrons. The summed E-state index contributed by atoms with van der Waals surface area (Å²) >= 11 is 0. The Kier molecular flexibility index (Phi) is 7.50. The first kappa shape index (κ1) is 22.6. The Labute approximate surface area is 157 Å². The molecule has 0 fully saturated rings. The van der Waals surface area contributed by atoms with E-state index in [9.17, 15) is 24.3 Å². The quantitative estimate of drug-likeness (QED) is 0.423. The van der Waals surface area contributed by atoms with Crippen LogP contribution in [0.1, 0.15) is 53.4 Å². The number of carbonyl (C=O) groups excluding carboxylic acids is 3. The maximum absolute atomic E-state index is 12.4. The van der Waals surface area contributed by atoms with E-state index in [1.54, 1.807) is 13.8 Å². The van der Waals surface area contributed by atoms with E-state index in [4.69, 9.17) is 10.8 Å². The number of ketones is 2. The number of rotatable bonds is 8. The van der Waals surface area contributed by atoms with Gasteiger partial charge in [-0.1, -0.05) is 0 Å². The summed E-state index contributed by atoms with van der Waals surface area (Å²) in [5, 5.41) is 19.5. The summed E-state index contributed by atoms with van der Waals surface area (Å²) in [4.78, 5) is 51.5. The fourth-order valence-electron chi connectivity index (χ4n) is 2.66. The van der Waals surface area contributed by atoms with Gasteiger partial charge in [-0.15, -0.1) is 0 Å². The lowest BCUT2D eigenvalue weighted by molar-refractivity contribution is -0.135. The van der Waals surface area contributed by atoms with Crippen molar-refractivity contribution < 1.29 is 29.4 Å². The van der Waals surface area contributed by atoms with Crippen molar-refractivity contribution in [1.82, 2.24) is 0 Å². The molecule has 0 saturated carbocycles. The smallest absolute Gasteiger partial charge is 0.350 e. The number of Topliss-reactive ketones (excluding diaryl/α,β-unsaturated/α-hetero) is 2. The molecule has 1 rings (SSSR count). The predicted octanol–water partition coefficient (Wildman–Crippen LogP) is 1.11. The van der Waals surface area contributed by atoms with Gasteiger partial charge in [0, 0.05) is 22.3 Å². The summed E-state index contributed by atoms with van der Waals surface area (Å²) in [6, 6.07) is 0. The Morgan fingerprint density at radius 1 is 1.07 bits per heavy atom. The monoisotopic (exact) mass is 378 g/mol. The summed E-state index contributed by atoms with van der Waals surface area (Å²) in [7, 11) is 0. The fourth-order valence-corrected chi connectivity index (χ4v) is 2.66. The van der Waals surface area contributed by atoms with Gasteiger partial charge in [-0.2, -0.15) is 0 Å². The van der Waals surface area contributed by atoms with Crippen molar-refractivity contribution in [3.05, 3.63) is 22.3 Å². The predicted molar refractivity (Wildman–Crippen MR) is 99.3 cm³/mol. The highest BCUT2D eigenvalue weighted by Crippen LogP contribution is 2.29. The van der Waals surface area contributed by atoms with Crippen LogP contribution in [0.2, 0.25) is 0 Å². The first-order chi connectivity index (χ1) is 12.4. The van der Waals surface area contributed by atoms with Crippen LogP contribution in [-0.4, -0.2) is 51.5 Å². The van der Waals surface area contributed by atoms with Crippen molar-refractivity contribution in [2.45, 2.75) is 59.0 Å². The van der Waals surface area contributed by atoms with Gasteiger partial charge in [0.15, 0.2) is 11.6 Å². The number of aliphatic imine (C=N–C) groups is 1. The van der Waals surface area contributed by atoms with E-state index in [0.29, 0.717) is 23.1 Å². The van der Waals surface area contributed by atoms with Crippen molar-refractivity contribution >= 4 is 29.2 Å². The molecule has 0 unspecified atom stereocenters. The number of amides is 1. The van der Waals surface area contributed by atoms with Crippen molar-refractivity contribution in [3.8, 4) is 0 Å². The van der Waals surface area contributed by atoms with Gasteiger partial charge in [-0.3, -0.25) is 14.4 Å². The second-order valence-electron chi connectivity index (χ2n) is 6.85. The van der Waals surface area contributed by atoms with Crippen LogP contribution in [-0.2, 0) is 19.2 Å². The van der Waals surface area contributed by atoms with Crippen LogP contribution in [0.5, 0.6) is 0 Å². The molecular weight excluding hydrogens is 352 g/mol. The molecule has 0 aromatic heterocycles. The lowest BCUT2D eigenvalue weighted by atomic mass is 9.82. The first-order valence-corrected chi connectivity index (χ1v) is 8.68. The number of nitrogens with two attached hydrogens (primary N) is 1. The molecule has 1 aliphatic rings. The Morgan fingerprint density at radius 2 is 1.63 bits per heavy atom. The Morgan fingerprint density at radius 3 is 2.15 bits per heavy atom. The molecule has 0 saturated heterocycles. The standard InChI is InChI=1S/C19H26N2O6/c1-10-11(2)16(23)13(12(3)15(10)22)7-8-19(4,27)18(26)21-14(17(24)25)6-5-9-20/h27H,5-9,20H2,1-4H3,(H,24,25)/b21-14-/t19-/m1/s1. The normalized spacial score (nSPS) is 18.1. The Hall–Kier alpha value is -2.45. The van der Waals surface area contributed by atoms with Crippen LogP contribution in [0.15, 0.2) is 27.3 Å². The number of carbonyl (C=O) groups is 4. The minimum Gasteiger partial charge on any atom is -0.477 e. The van der Waals surface area contributed by atoms with Gasteiger partial charge < -0.3 is 15.9 Å². The highest BCUT2D eigenvalue weighted by molar-refractivity contribution is 6.37. The number of nitrogens with zero attached hydrogens (tertiary/aromatic N) is 1. The molecule has 0 spiro atoms. The molecule has 8 nitrogen and oxygen atoms in total. The van der Waals surface area contributed by atoms with Crippen molar-refractivity contribution in [2.75, 3.05) is 6.54 Å². The van der Waals surface area contributed by atoms with Crippen LogP contribution in [0.25, 0.3) is 0 Å². The summed E-state index contributed by atoms with van der Waals surface area (Å²) in [6.45, 7) is 6.13. The minimum atomic E-state index is -1.97. The van der Waals surface area contributed by atoms with Crippen molar-refractivity contribution in [3.63, 3.8) is 0 Å². The van der Waals surface area contributed by atoms with Crippen LogP contribution in [0.4, 0.5) is 0 Å². The Bertz CT molecular complexity index is 771. The molecule has 1 atom stereocenters. The fraction of sp³-hybridized carbons (Fsp3) is 0.526. The average Bonchev–Trinajstić information content (AvgIpc) is 2.61. The number of hydrogen-bond acceptors (Lipinski definition) is 6. The van der Waals surface area contributed by atoms with E-state index in [-0.39, 0.29) is 48.7 Å². The molecule has 4 N–H and O–H groups in total. The molecule has 0 heterocycles. The van der Waals surface area contributed by atoms with Gasteiger partial charge in [0.1, 0.15) is 11.3 Å². The molecular formula is C19H26N2O6. The molecule has 1 amide bonds. The highest BCUT2D eigenvalue weighted by atomic mass is 16.4. The highest BCUT2D eigenvalue weighted by Gasteiger charge is 2.34. The minimum absolute atomic E-state index is 0.000488. The van der Waals surface area contributed by atoms with Crippen molar-refractivity contribution in [2.24, 2.45) is 10.7 Å². The topological polar surface area (TPSA) is 147 Å². The maximum Gasteiger partial charge on any atom is 0.350 e. The lowest BCUT2D eigenvalue weighted by Crippen LogP contribution is -2.36. The van der Waals surface area contributed by atoms with E-state index in [1.165, 1.54) is 13.8 Å². The third-order valence-corrected chi connectivity index (χ3v) is 4.73. The number of aliphatic carboxylic acids is 1. The van der Waals surface area contributed by atoms with E-state index in [0.717, 1.165) is 0 Å². The van der Waals surface area contributed by atoms with E-state index >= 15 is 0 Å². The summed E-state index contributed by atoms with van der Waals surface area (Å²) in [6.07, 6.45) is 0.181. The van der Waals surface area contributed by atoms with Gasteiger partial charge in [0.25, 0.3) is 5.91 Å². The number of allylic oxidation sites excluding steroid dienone is 4. The number of aliphatic hydroxyl groups is 1. The summed E-state index contributed by atoms with van der Waals surface area (Å²) in [5.74, 6) is -2.88. The third-order valence-electron chi connectivity index (χ3n) is 4.73. The van der Waals surface area contributed by atoms with Crippen LogP contribution < -0.4 is 5.73 Å². The van der Waals surface area contributed by atoms with Gasteiger partial charge in [0.2, 0.25) is 0 Å². The SMILES string of the molecule is CC1=C(C)C(=O)C(CC[C@@](C)(O)C(=O)/N=C(/CCCN)C(=O)O)=C(C)C1=O. The Balaban J connectivity index is 2.97. The lowest BCUT2D eigenvalue weighted by Gasteiger charge is -2.23. The average molecular weight is 378 g/mol. The number of hydrogen-bond donors (Lipinski definition) is 3. The van der Waals surface area contributed by atoms with Gasteiger partial charge >= 0.3 is 5.97 Å². The molecule has 8 heteroatoms. The van der Waals surface area contributed by atoms with E-state index < -0.39 is 17.5 Å².